The van der Waals surface area contributed by atoms with Crippen molar-refractivity contribution >= 4 is 22.8 Å². The summed E-state index contributed by atoms with van der Waals surface area (Å²) < 4.78 is 5.52. The lowest BCUT2D eigenvalue weighted by atomic mass is 10.1. The minimum atomic E-state index is -0.510. The predicted octanol–water partition coefficient (Wildman–Crippen LogP) is -0.0466. The van der Waals surface area contributed by atoms with Gasteiger partial charge in [-0.3, -0.25) is 19.9 Å². The number of nitrogens with one attached hydrogen (secondary N) is 1. The first-order valence-electron chi connectivity index (χ1n) is 6.01. The quantitative estimate of drug-likeness (QED) is 0.402. The van der Waals surface area contributed by atoms with Gasteiger partial charge in [0.2, 0.25) is 5.91 Å². The zero-order valence-electron chi connectivity index (χ0n) is 11.1. The topological polar surface area (TPSA) is 115 Å². The van der Waals surface area contributed by atoms with Gasteiger partial charge in [0.1, 0.15) is 5.58 Å². The molecule has 0 fully saturated rings. The third-order valence-corrected chi connectivity index (χ3v) is 2.89. The van der Waals surface area contributed by atoms with Crippen molar-refractivity contribution in [3.63, 3.8) is 0 Å². The lowest BCUT2D eigenvalue weighted by molar-refractivity contribution is -0.118. The Balaban J connectivity index is 2.42. The minimum Gasteiger partial charge on any atom is -0.451 e. The number of carbonyl (C=O) groups is 2. The summed E-state index contributed by atoms with van der Waals surface area (Å²) in [5.74, 6) is 4.35. The number of para-hydroxylation sites is 1. The molecule has 0 saturated heterocycles. The second kappa shape index (κ2) is 5.72. The molecule has 1 aromatic heterocycles. The van der Waals surface area contributed by atoms with E-state index in [1.165, 1.54) is 0 Å². The highest BCUT2D eigenvalue weighted by molar-refractivity contribution is 5.98. The van der Waals surface area contributed by atoms with Crippen LogP contribution < -0.4 is 17.0 Å². The number of primary amides is 1. The zero-order valence-corrected chi connectivity index (χ0v) is 11.1. The Labute approximate surface area is 115 Å². The molecule has 0 spiro atoms. The number of likely N-dealkylation sites (N-methyl/N-ethyl adjacent to an activating group) is 1. The van der Waals surface area contributed by atoms with E-state index in [-0.39, 0.29) is 12.3 Å². The Morgan fingerprint density at radius 1 is 1.35 bits per heavy atom. The second-order valence-corrected chi connectivity index (χ2v) is 4.52. The first-order chi connectivity index (χ1) is 9.52. The molecular weight excluding hydrogens is 260 g/mol. The standard InChI is InChI=1S/C13H16N4O3/c1-17(7-11(14)18)6-9-8-4-2-3-5-10(8)20-12(9)13(19)16-15/h2-5H,6-7,15H2,1H3,(H2,14,18)(H,16,19). The van der Waals surface area contributed by atoms with E-state index < -0.39 is 11.8 Å². The SMILES string of the molecule is CN(CC(N)=O)Cc1c(C(=O)NN)oc2ccccc12. The van der Waals surface area contributed by atoms with E-state index in [0.717, 1.165) is 5.39 Å². The average molecular weight is 276 g/mol. The average Bonchev–Trinajstić information content (AvgIpc) is 2.76. The van der Waals surface area contributed by atoms with E-state index in [4.69, 9.17) is 16.0 Å². The molecule has 5 N–H and O–H groups in total. The summed E-state index contributed by atoms with van der Waals surface area (Å²) >= 11 is 0. The maximum absolute atomic E-state index is 11.8. The molecule has 7 nitrogen and oxygen atoms in total. The molecule has 2 amide bonds. The monoisotopic (exact) mass is 276 g/mol. The number of benzene rings is 1. The summed E-state index contributed by atoms with van der Waals surface area (Å²) in [6.07, 6.45) is 0. The van der Waals surface area contributed by atoms with Crippen molar-refractivity contribution in [1.82, 2.24) is 10.3 Å². The fraction of sp³-hybridized carbons (Fsp3) is 0.231. The van der Waals surface area contributed by atoms with Crippen LogP contribution in [0.1, 0.15) is 16.1 Å². The highest BCUT2D eigenvalue weighted by atomic mass is 16.3. The number of furan rings is 1. The largest absolute Gasteiger partial charge is 0.451 e. The highest BCUT2D eigenvalue weighted by Crippen LogP contribution is 2.26. The fourth-order valence-corrected chi connectivity index (χ4v) is 2.10. The predicted molar refractivity (Wildman–Crippen MR) is 73.4 cm³/mol. The van der Waals surface area contributed by atoms with E-state index in [9.17, 15) is 9.59 Å². The third kappa shape index (κ3) is 2.79. The molecule has 0 atom stereocenters. The zero-order chi connectivity index (χ0) is 14.7. The third-order valence-electron chi connectivity index (χ3n) is 2.89. The van der Waals surface area contributed by atoms with E-state index in [1.54, 1.807) is 18.0 Å². The molecule has 0 aliphatic heterocycles. The van der Waals surface area contributed by atoms with Crippen LogP contribution in [0.25, 0.3) is 11.0 Å². The molecule has 0 unspecified atom stereocenters. The van der Waals surface area contributed by atoms with Gasteiger partial charge in [0.25, 0.3) is 0 Å². The Hall–Kier alpha value is -2.38. The molecule has 0 saturated carbocycles. The van der Waals surface area contributed by atoms with Crippen molar-refractivity contribution in [2.45, 2.75) is 6.54 Å². The number of rotatable bonds is 5. The van der Waals surface area contributed by atoms with Gasteiger partial charge in [0.15, 0.2) is 5.76 Å². The molecule has 7 heteroatoms. The van der Waals surface area contributed by atoms with E-state index in [0.29, 0.717) is 17.7 Å². The molecule has 20 heavy (non-hydrogen) atoms. The number of hydrogen-bond donors (Lipinski definition) is 3. The van der Waals surface area contributed by atoms with Gasteiger partial charge in [-0.1, -0.05) is 18.2 Å². The van der Waals surface area contributed by atoms with Crippen LogP contribution in [0.5, 0.6) is 0 Å². The van der Waals surface area contributed by atoms with E-state index in [1.807, 2.05) is 18.2 Å². The summed E-state index contributed by atoms with van der Waals surface area (Å²) in [4.78, 5) is 24.4. The molecule has 0 bridgehead atoms. The Morgan fingerprint density at radius 3 is 2.70 bits per heavy atom. The number of nitrogens with two attached hydrogens (primary N) is 2. The summed E-state index contributed by atoms with van der Waals surface area (Å²) in [5, 5.41) is 0.808. The number of nitrogens with zero attached hydrogens (tertiary/aromatic N) is 1. The van der Waals surface area contributed by atoms with Crippen LogP contribution in [0.3, 0.4) is 0 Å². The first kappa shape index (κ1) is 14.0. The van der Waals surface area contributed by atoms with Crippen LogP contribution in [0, 0.1) is 0 Å². The van der Waals surface area contributed by atoms with Crippen LogP contribution >= 0.6 is 0 Å². The van der Waals surface area contributed by atoms with Gasteiger partial charge in [-0.05, 0) is 13.1 Å². The maximum Gasteiger partial charge on any atom is 0.301 e. The van der Waals surface area contributed by atoms with Crippen molar-refractivity contribution in [3.05, 3.63) is 35.6 Å². The molecular formula is C13H16N4O3. The smallest absolute Gasteiger partial charge is 0.301 e. The minimum absolute atomic E-state index is 0.0865. The summed E-state index contributed by atoms with van der Waals surface area (Å²) in [5.41, 5.74) is 8.47. The molecule has 1 aromatic carbocycles. The number of hydrogen-bond acceptors (Lipinski definition) is 5. The molecule has 106 valence electrons. The van der Waals surface area contributed by atoms with Crippen LogP contribution in [0.2, 0.25) is 0 Å². The molecule has 2 aromatic rings. The van der Waals surface area contributed by atoms with Crippen LogP contribution in [0.15, 0.2) is 28.7 Å². The van der Waals surface area contributed by atoms with Gasteiger partial charge in [0.05, 0.1) is 6.54 Å². The lowest BCUT2D eigenvalue weighted by Gasteiger charge is -2.14. The Morgan fingerprint density at radius 2 is 2.05 bits per heavy atom. The van der Waals surface area contributed by atoms with E-state index in [2.05, 4.69) is 5.43 Å². The van der Waals surface area contributed by atoms with Crippen molar-refractivity contribution in [2.24, 2.45) is 11.6 Å². The van der Waals surface area contributed by atoms with Crippen molar-refractivity contribution < 1.29 is 14.0 Å². The number of hydrazine groups is 1. The van der Waals surface area contributed by atoms with Gasteiger partial charge in [-0.15, -0.1) is 0 Å². The van der Waals surface area contributed by atoms with Crippen molar-refractivity contribution in [3.8, 4) is 0 Å². The van der Waals surface area contributed by atoms with Crippen LogP contribution in [-0.2, 0) is 11.3 Å². The summed E-state index contributed by atoms with van der Waals surface area (Å²) in [6, 6.07) is 7.27. The van der Waals surface area contributed by atoms with Gasteiger partial charge in [-0.25, -0.2) is 5.84 Å². The normalized spacial score (nSPS) is 10.9. The lowest BCUT2D eigenvalue weighted by Crippen LogP contribution is -2.33. The Bertz CT molecular complexity index is 650. The molecule has 0 radical (unpaired) electrons. The number of fused-ring (bicyclic) bond motifs is 1. The maximum atomic E-state index is 11.8. The molecule has 0 aliphatic carbocycles. The van der Waals surface area contributed by atoms with E-state index >= 15 is 0 Å². The molecule has 1 heterocycles. The second-order valence-electron chi connectivity index (χ2n) is 4.52. The number of carbonyl (C=O) groups excluding carboxylic acids is 2. The number of amides is 2. The Kier molecular flexibility index (Phi) is 4.02. The molecule has 0 aliphatic rings. The fourth-order valence-electron chi connectivity index (χ4n) is 2.10. The highest BCUT2D eigenvalue weighted by Gasteiger charge is 2.21. The summed E-state index contributed by atoms with van der Waals surface area (Å²) in [7, 11) is 1.73. The van der Waals surface area contributed by atoms with Gasteiger partial charge in [-0.2, -0.15) is 0 Å². The van der Waals surface area contributed by atoms with Crippen molar-refractivity contribution in [2.75, 3.05) is 13.6 Å². The van der Waals surface area contributed by atoms with Crippen molar-refractivity contribution in [1.29, 1.82) is 0 Å². The van der Waals surface area contributed by atoms with Gasteiger partial charge >= 0.3 is 5.91 Å². The van der Waals surface area contributed by atoms with Crippen LogP contribution in [0.4, 0.5) is 0 Å². The van der Waals surface area contributed by atoms with Gasteiger partial charge in [0, 0.05) is 17.5 Å². The molecule has 2 rings (SSSR count). The first-order valence-corrected chi connectivity index (χ1v) is 6.01. The number of nitrogen functional groups attached to an aromatic ring is 1. The van der Waals surface area contributed by atoms with Gasteiger partial charge < -0.3 is 10.2 Å². The summed E-state index contributed by atoms with van der Waals surface area (Å²) in [6.45, 7) is 0.436. The van der Waals surface area contributed by atoms with Crippen LogP contribution in [-0.4, -0.2) is 30.3 Å².